The first kappa shape index (κ1) is 14.7. The molecule has 2 aliphatic rings. The minimum absolute atomic E-state index is 0.343. The number of rotatable bonds is 4. The van der Waals surface area contributed by atoms with Gasteiger partial charge in [0, 0.05) is 12.1 Å². The van der Waals surface area contributed by atoms with E-state index in [1.54, 1.807) is 0 Å². The van der Waals surface area contributed by atoms with Crippen LogP contribution in [-0.2, 0) is 0 Å². The zero-order valence-electron chi connectivity index (χ0n) is 13.1. The second kappa shape index (κ2) is 6.67. The summed E-state index contributed by atoms with van der Waals surface area (Å²) in [5.41, 5.74) is 1.27. The molecule has 1 aromatic carbocycles. The van der Waals surface area contributed by atoms with Crippen molar-refractivity contribution in [3.63, 3.8) is 0 Å². The van der Waals surface area contributed by atoms with Crippen molar-refractivity contribution in [1.29, 1.82) is 0 Å². The number of benzene rings is 1. The smallest absolute Gasteiger partial charge is 0.231 e. The predicted octanol–water partition coefficient (Wildman–Crippen LogP) is 2.94. The van der Waals surface area contributed by atoms with Crippen molar-refractivity contribution in [2.45, 2.75) is 45.2 Å². The molecular formula is C17H26N2O2. The van der Waals surface area contributed by atoms with Crippen LogP contribution in [0.25, 0.3) is 0 Å². The van der Waals surface area contributed by atoms with Crippen LogP contribution in [0.2, 0.25) is 0 Å². The molecule has 21 heavy (non-hydrogen) atoms. The zero-order chi connectivity index (χ0) is 14.7. The van der Waals surface area contributed by atoms with E-state index >= 15 is 0 Å². The van der Waals surface area contributed by atoms with Crippen LogP contribution in [0.5, 0.6) is 11.5 Å². The van der Waals surface area contributed by atoms with Gasteiger partial charge in [0.05, 0.1) is 0 Å². The van der Waals surface area contributed by atoms with E-state index in [0.717, 1.165) is 11.5 Å². The number of likely N-dealkylation sites (tertiary alicyclic amines) is 1. The Balaban J connectivity index is 1.59. The van der Waals surface area contributed by atoms with Crippen LogP contribution in [0.4, 0.5) is 0 Å². The molecule has 0 amide bonds. The molecule has 0 bridgehead atoms. The second-order valence-corrected chi connectivity index (χ2v) is 6.06. The van der Waals surface area contributed by atoms with Gasteiger partial charge in [-0.25, -0.2) is 0 Å². The lowest BCUT2D eigenvalue weighted by Gasteiger charge is -2.23. The summed E-state index contributed by atoms with van der Waals surface area (Å²) in [7, 11) is 0. The van der Waals surface area contributed by atoms with Crippen LogP contribution in [0, 0.1) is 0 Å². The molecule has 2 heterocycles. The summed E-state index contributed by atoms with van der Waals surface area (Å²) in [6, 6.07) is 7.22. The van der Waals surface area contributed by atoms with Crippen molar-refractivity contribution in [2.75, 3.05) is 26.4 Å². The summed E-state index contributed by atoms with van der Waals surface area (Å²) in [5, 5.41) is 3.79. The normalized spacial score (nSPS) is 23.8. The van der Waals surface area contributed by atoms with Crippen molar-refractivity contribution < 1.29 is 9.47 Å². The van der Waals surface area contributed by atoms with E-state index in [1.165, 1.54) is 44.5 Å². The summed E-state index contributed by atoms with van der Waals surface area (Å²) in [6.07, 6.45) is 3.80. The fourth-order valence-electron chi connectivity index (χ4n) is 3.27. The minimum atomic E-state index is 0.343. The number of ether oxygens (including phenoxy) is 2. The first-order chi connectivity index (χ1) is 10.3. The number of nitrogens with zero attached hydrogens (tertiary/aromatic N) is 1. The largest absolute Gasteiger partial charge is 0.454 e. The number of fused-ring (bicyclic) bond motifs is 1. The van der Waals surface area contributed by atoms with Gasteiger partial charge in [-0.1, -0.05) is 13.0 Å². The summed E-state index contributed by atoms with van der Waals surface area (Å²) >= 11 is 0. The van der Waals surface area contributed by atoms with Gasteiger partial charge in [0.15, 0.2) is 11.5 Å². The molecule has 0 radical (unpaired) electrons. The van der Waals surface area contributed by atoms with Gasteiger partial charge in [-0.2, -0.15) is 0 Å². The highest BCUT2D eigenvalue weighted by atomic mass is 16.7. The highest BCUT2D eigenvalue weighted by Crippen LogP contribution is 2.34. The quantitative estimate of drug-likeness (QED) is 0.924. The van der Waals surface area contributed by atoms with Crippen molar-refractivity contribution in [1.82, 2.24) is 10.2 Å². The maximum absolute atomic E-state index is 5.47. The molecule has 0 aliphatic carbocycles. The Labute approximate surface area is 127 Å². The molecule has 4 nitrogen and oxygen atoms in total. The molecule has 1 saturated heterocycles. The third-order valence-electron chi connectivity index (χ3n) is 4.65. The summed E-state index contributed by atoms with van der Waals surface area (Å²) in [5.74, 6) is 1.73. The molecule has 3 rings (SSSR count). The van der Waals surface area contributed by atoms with Gasteiger partial charge in [-0.15, -0.1) is 0 Å². The first-order valence-corrected chi connectivity index (χ1v) is 8.14. The Kier molecular flexibility index (Phi) is 4.66. The van der Waals surface area contributed by atoms with E-state index in [2.05, 4.69) is 36.2 Å². The molecule has 116 valence electrons. The van der Waals surface area contributed by atoms with Gasteiger partial charge in [0.1, 0.15) is 0 Å². The van der Waals surface area contributed by atoms with Crippen LogP contribution in [0.15, 0.2) is 18.2 Å². The molecule has 2 aliphatic heterocycles. The van der Waals surface area contributed by atoms with Gasteiger partial charge >= 0.3 is 0 Å². The maximum atomic E-state index is 5.47. The fourth-order valence-corrected chi connectivity index (χ4v) is 3.27. The van der Waals surface area contributed by atoms with Crippen LogP contribution in [-0.4, -0.2) is 37.4 Å². The Bertz CT molecular complexity index is 478. The Morgan fingerprint density at radius 3 is 2.95 bits per heavy atom. The molecule has 0 aromatic heterocycles. The van der Waals surface area contributed by atoms with Crippen molar-refractivity contribution >= 4 is 0 Å². The average molecular weight is 290 g/mol. The molecule has 0 saturated carbocycles. The fraction of sp³-hybridized carbons (Fsp3) is 0.647. The number of nitrogens with one attached hydrogen (secondary N) is 1. The standard InChI is InChI=1S/C17H26N2O2/c1-3-19-9-4-5-15(8-10-19)18-13(2)14-6-7-16-17(11-14)21-12-20-16/h6-7,11,13,15,18H,3-5,8-10,12H2,1-2H3. The number of hydrogen-bond acceptors (Lipinski definition) is 4. The lowest BCUT2D eigenvalue weighted by molar-refractivity contribution is 0.174. The van der Waals surface area contributed by atoms with Crippen LogP contribution in [0.1, 0.15) is 44.7 Å². The van der Waals surface area contributed by atoms with Crippen LogP contribution >= 0.6 is 0 Å². The SMILES string of the molecule is CCN1CCCC(NC(C)c2ccc3c(c2)OCO3)CC1. The molecule has 1 N–H and O–H groups in total. The monoisotopic (exact) mass is 290 g/mol. The van der Waals surface area contributed by atoms with Crippen molar-refractivity contribution in [3.05, 3.63) is 23.8 Å². The van der Waals surface area contributed by atoms with Crippen LogP contribution in [0.3, 0.4) is 0 Å². The highest BCUT2D eigenvalue weighted by Gasteiger charge is 2.20. The third-order valence-corrected chi connectivity index (χ3v) is 4.65. The second-order valence-electron chi connectivity index (χ2n) is 6.06. The molecule has 2 unspecified atom stereocenters. The maximum Gasteiger partial charge on any atom is 0.231 e. The van der Waals surface area contributed by atoms with Crippen molar-refractivity contribution in [3.8, 4) is 11.5 Å². The third kappa shape index (κ3) is 3.50. The van der Waals surface area contributed by atoms with Crippen LogP contribution < -0.4 is 14.8 Å². The first-order valence-electron chi connectivity index (χ1n) is 8.14. The molecule has 4 heteroatoms. The van der Waals surface area contributed by atoms with E-state index in [9.17, 15) is 0 Å². The van der Waals surface area contributed by atoms with Gasteiger partial charge in [-0.3, -0.25) is 0 Å². The molecular weight excluding hydrogens is 264 g/mol. The zero-order valence-corrected chi connectivity index (χ0v) is 13.1. The van der Waals surface area contributed by atoms with Gasteiger partial charge in [-0.05, 0) is 63.5 Å². The predicted molar refractivity (Wildman–Crippen MR) is 83.9 cm³/mol. The molecule has 0 spiro atoms. The summed E-state index contributed by atoms with van der Waals surface area (Å²) < 4.78 is 10.8. The van der Waals surface area contributed by atoms with E-state index in [4.69, 9.17) is 9.47 Å². The topological polar surface area (TPSA) is 33.7 Å². The summed E-state index contributed by atoms with van der Waals surface area (Å²) in [6.45, 7) is 8.46. The Morgan fingerprint density at radius 2 is 2.10 bits per heavy atom. The lowest BCUT2D eigenvalue weighted by atomic mass is 10.0. The van der Waals surface area contributed by atoms with E-state index in [-0.39, 0.29) is 0 Å². The Morgan fingerprint density at radius 1 is 1.24 bits per heavy atom. The molecule has 2 atom stereocenters. The summed E-state index contributed by atoms with van der Waals surface area (Å²) in [4.78, 5) is 2.55. The average Bonchev–Trinajstić information content (AvgIpc) is 2.86. The number of hydrogen-bond donors (Lipinski definition) is 1. The van der Waals surface area contributed by atoms with Gasteiger partial charge < -0.3 is 19.7 Å². The minimum Gasteiger partial charge on any atom is -0.454 e. The van der Waals surface area contributed by atoms with Gasteiger partial charge in [0.2, 0.25) is 6.79 Å². The molecule has 1 aromatic rings. The van der Waals surface area contributed by atoms with E-state index in [1.807, 2.05) is 6.07 Å². The lowest BCUT2D eigenvalue weighted by Crippen LogP contribution is -2.32. The van der Waals surface area contributed by atoms with Gasteiger partial charge in [0.25, 0.3) is 0 Å². The molecule has 1 fully saturated rings. The van der Waals surface area contributed by atoms with E-state index < -0.39 is 0 Å². The van der Waals surface area contributed by atoms with E-state index in [0.29, 0.717) is 18.9 Å². The van der Waals surface area contributed by atoms with Crippen molar-refractivity contribution in [2.24, 2.45) is 0 Å². The Hall–Kier alpha value is -1.26. The highest BCUT2D eigenvalue weighted by molar-refractivity contribution is 5.45.